The summed E-state index contributed by atoms with van der Waals surface area (Å²) in [5, 5.41) is 2.72. The van der Waals surface area contributed by atoms with Gasteiger partial charge in [-0.3, -0.25) is 4.79 Å². The van der Waals surface area contributed by atoms with E-state index in [2.05, 4.69) is 19.2 Å². The number of alkyl halides is 3. The van der Waals surface area contributed by atoms with E-state index < -0.39 is 11.7 Å². The molecule has 0 heterocycles. The number of amides is 1. The standard InChI is InChI=1S/C15H20F3NO/c1-11(2)5-4-8-19-14(20)10-12-6-3-7-13(9-12)15(16,17)18/h3,6-7,9,11H,4-5,8,10H2,1-2H3,(H,19,20). The number of hydrogen-bond donors (Lipinski definition) is 1. The van der Waals surface area contributed by atoms with Gasteiger partial charge in [-0.2, -0.15) is 13.2 Å². The highest BCUT2D eigenvalue weighted by Gasteiger charge is 2.30. The van der Waals surface area contributed by atoms with Crippen molar-refractivity contribution in [2.75, 3.05) is 6.54 Å². The number of hydrogen-bond acceptors (Lipinski definition) is 1. The fourth-order valence-electron chi connectivity index (χ4n) is 1.84. The largest absolute Gasteiger partial charge is 0.416 e. The predicted molar refractivity (Wildman–Crippen MR) is 72.2 cm³/mol. The van der Waals surface area contributed by atoms with Crippen LogP contribution < -0.4 is 5.32 Å². The summed E-state index contributed by atoms with van der Waals surface area (Å²) in [6.07, 6.45) is -2.49. The lowest BCUT2D eigenvalue weighted by Gasteiger charge is -2.09. The van der Waals surface area contributed by atoms with Gasteiger partial charge in [-0.15, -0.1) is 0 Å². The highest BCUT2D eigenvalue weighted by Crippen LogP contribution is 2.29. The molecule has 0 aliphatic rings. The van der Waals surface area contributed by atoms with Gasteiger partial charge >= 0.3 is 6.18 Å². The Morgan fingerprint density at radius 3 is 2.60 bits per heavy atom. The van der Waals surface area contributed by atoms with Gasteiger partial charge in [-0.25, -0.2) is 0 Å². The van der Waals surface area contributed by atoms with Crippen LogP contribution >= 0.6 is 0 Å². The molecule has 20 heavy (non-hydrogen) atoms. The van der Waals surface area contributed by atoms with E-state index in [1.54, 1.807) is 0 Å². The molecule has 0 aliphatic heterocycles. The molecule has 2 nitrogen and oxygen atoms in total. The molecule has 0 atom stereocenters. The van der Waals surface area contributed by atoms with Gasteiger partial charge in [-0.05, 0) is 30.4 Å². The average molecular weight is 287 g/mol. The van der Waals surface area contributed by atoms with E-state index in [1.165, 1.54) is 12.1 Å². The summed E-state index contributed by atoms with van der Waals surface area (Å²) >= 11 is 0. The Morgan fingerprint density at radius 2 is 2.00 bits per heavy atom. The van der Waals surface area contributed by atoms with Crippen LogP contribution in [0.15, 0.2) is 24.3 Å². The van der Waals surface area contributed by atoms with Gasteiger partial charge in [-0.1, -0.05) is 32.0 Å². The van der Waals surface area contributed by atoms with Crippen LogP contribution in [-0.2, 0) is 17.4 Å². The lowest BCUT2D eigenvalue weighted by molar-refractivity contribution is -0.137. The first kappa shape index (κ1) is 16.5. The summed E-state index contributed by atoms with van der Waals surface area (Å²) in [5.74, 6) is 0.337. The Labute approximate surface area is 117 Å². The van der Waals surface area contributed by atoms with E-state index in [-0.39, 0.29) is 12.3 Å². The van der Waals surface area contributed by atoms with Gasteiger partial charge in [0.2, 0.25) is 5.91 Å². The second-order valence-corrected chi connectivity index (χ2v) is 5.26. The molecule has 1 N–H and O–H groups in total. The van der Waals surface area contributed by atoms with E-state index in [0.717, 1.165) is 25.0 Å². The molecule has 1 aromatic carbocycles. The monoisotopic (exact) mass is 287 g/mol. The number of rotatable bonds is 6. The molecule has 0 aromatic heterocycles. The van der Waals surface area contributed by atoms with E-state index in [1.807, 2.05) is 0 Å². The Balaban J connectivity index is 2.46. The van der Waals surface area contributed by atoms with E-state index in [9.17, 15) is 18.0 Å². The normalized spacial score (nSPS) is 11.7. The molecule has 0 bridgehead atoms. The highest BCUT2D eigenvalue weighted by atomic mass is 19.4. The average Bonchev–Trinajstić information content (AvgIpc) is 2.34. The second kappa shape index (κ2) is 7.31. The van der Waals surface area contributed by atoms with E-state index in [4.69, 9.17) is 0 Å². The molecule has 0 saturated heterocycles. The van der Waals surface area contributed by atoms with E-state index in [0.29, 0.717) is 18.0 Å². The van der Waals surface area contributed by atoms with Crippen molar-refractivity contribution in [2.45, 2.75) is 39.3 Å². The third-order valence-corrected chi connectivity index (χ3v) is 2.90. The van der Waals surface area contributed by atoms with Crippen LogP contribution in [0.25, 0.3) is 0 Å². The fraction of sp³-hybridized carbons (Fsp3) is 0.533. The number of carbonyl (C=O) groups excluding carboxylic acids is 1. The van der Waals surface area contributed by atoms with Crippen molar-refractivity contribution < 1.29 is 18.0 Å². The maximum atomic E-state index is 12.5. The molecule has 112 valence electrons. The minimum atomic E-state index is -4.37. The van der Waals surface area contributed by atoms with Gasteiger partial charge in [0.1, 0.15) is 0 Å². The Morgan fingerprint density at radius 1 is 1.30 bits per heavy atom. The lowest BCUT2D eigenvalue weighted by atomic mass is 10.1. The van der Waals surface area contributed by atoms with Crippen LogP contribution in [0.1, 0.15) is 37.8 Å². The summed E-state index contributed by atoms with van der Waals surface area (Å²) < 4.78 is 37.6. The van der Waals surface area contributed by atoms with E-state index >= 15 is 0 Å². The van der Waals surface area contributed by atoms with Crippen LogP contribution in [0.4, 0.5) is 13.2 Å². The van der Waals surface area contributed by atoms with Gasteiger partial charge in [0.15, 0.2) is 0 Å². The Kier molecular flexibility index (Phi) is 6.05. The van der Waals surface area contributed by atoms with Crippen LogP contribution in [-0.4, -0.2) is 12.5 Å². The molecule has 0 saturated carbocycles. The second-order valence-electron chi connectivity index (χ2n) is 5.26. The Bertz CT molecular complexity index is 441. The Hall–Kier alpha value is -1.52. The van der Waals surface area contributed by atoms with Crippen molar-refractivity contribution in [3.63, 3.8) is 0 Å². The summed E-state index contributed by atoms with van der Waals surface area (Å²) in [6.45, 7) is 4.77. The molecule has 5 heteroatoms. The number of carbonyl (C=O) groups is 1. The van der Waals surface area contributed by atoms with Gasteiger partial charge in [0.25, 0.3) is 0 Å². The molecule has 0 fully saturated rings. The molecule has 1 rings (SSSR count). The van der Waals surface area contributed by atoms with Crippen LogP contribution in [0.5, 0.6) is 0 Å². The van der Waals surface area contributed by atoms with Crippen molar-refractivity contribution in [3.05, 3.63) is 35.4 Å². The lowest BCUT2D eigenvalue weighted by Crippen LogP contribution is -2.26. The smallest absolute Gasteiger partial charge is 0.356 e. The zero-order chi connectivity index (χ0) is 15.2. The third kappa shape index (κ3) is 6.08. The van der Waals surface area contributed by atoms with Crippen LogP contribution in [0.3, 0.4) is 0 Å². The minimum absolute atomic E-state index is 0.0222. The zero-order valence-electron chi connectivity index (χ0n) is 11.8. The summed E-state index contributed by atoms with van der Waals surface area (Å²) in [6, 6.07) is 4.88. The maximum Gasteiger partial charge on any atom is 0.416 e. The van der Waals surface area contributed by atoms with Crippen LogP contribution in [0, 0.1) is 5.92 Å². The molecule has 0 aliphatic carbocycles. The summed E-state index contributed by atoms with van der Waals surface area (Å²) in [7, 11) is 0. The summed E-state index contributed by atoms with van der Waals surface area (Å²) in [5.41, 5.74) is -0.344. The first-order chi connectivity index (χ1) is 9.29. The maximum absolute atomic E-state index is 12.5. The zero-order valence-corrected chi connectivity index (χ0v) is 11.8. The SMILES string of the molecule is CC(C)CCCNC(=O)Cc1cccc(C(F)(F)F)c1. The molecular formula is C15H20F3NO. The third-order valence-electron chi connectivity index (χ3n) is 2.90. The first-order valence-electron chi connectivity index (χ1n) is 6.72. The van der Waals surface area contributed by atoms with Crippen molar-refractivity contribution in [1.29, 1.82) is 0 Å². The number of benzene rings is 1. The topological polar surface area (TPSA) is 29.1 Å². The van der Waals surface area contributed by atoms with Gasteiger partial charge in [0.05, 0.1) is 12.0 Å². The number of nitrogens with one attached hydrogen (secondary N) is 1. The fourth-order valence-corrected chi connectivity index (χ4v) is 1.84. The van der Waals surface area contributed by atoms with Crippen molar-refractivity contribution in [1.82, 2.24) is 5.32 Å². The molecule has 0 spiro atoms. The minimum Gasteiger partial charge on any atom is -0.356 e. The van der Waals surface area contributed by atoms with Gasteiger partial charge in [0, 0.05) is 6.54 Å². The van der Waals surface area contributed by atoms with Crippen molar-refractivity contribution in [2.24, 2.45) is 5.92 Å². The quantitative estimate of drug-likeness (QED) is 0.792. The molecule has 1 aromatic rings. The number of halogens is 3. The molecule has 1 amide bonds. The van der Waals surface area contributed by atoms with Gasteiger partial charge < -0.3 is 5.32 Å². The van der Waals surface area contributed by atoms with Crippen LogP contribution in [0.2, 0.25) is 0 Å². The van der Waals surface area contributed by atoms with Crippen molar-refractivity contribution >= 4 is 5.91 Å². The predicted octanol–water partition coefficient (Wildman–Crippen LogP) is 3.80. The molecule has 0 unspecified atom stereocenters. The molecule has 0 radical (unpaired) electrons. The first-order valence-corrected chi connectivity index (χ1v) is 6.72. The molecular weight excluding hydrogens is 267 g/mol. The van der Waals surface area contributed by atoms with Crippen molar-refractivity contribution in [3.8, 4) is 0 Å². The summed E-state index contributed by atoms with van der Waals surface area (Å²) in [4.78, 5) is 11.6. The highest BCUT2D eigenvalue weighted by molar-refractivity contribution is 5.78.